The standard InChI is InChI=1S/C13H19NOS/c1-14(9-13(10-15)7-8-13)11-3-5-12(16-2)6-4-11/h3-6,15H,7-10H2,1-2H3. The summed E-state index contributed by atoms with van der Waals surface area (Å²) in [5, 5.41) is 9.30. The molecule has 1 aliphatic rings. The summed E-state index contributed by atoms with van der Waals surface area (Å²) in [5.41, 5.74) is 1.42. The van der Waals surface area contributed by atoms with Gasteiger partial charge in [0, 0.05) is 29.6 Å². The van der Waals surface area contributed by atoms with Crippen molar-refractivity contribution in [2.45, 2.75) is 17.7 Å². The summed E-state index contributed by atoms with van der Waals surface area (Å²) in [7, 11) is 2.10. The van der Waals surface area contributed by atoms with Crippen molar-refractivity contribution >= 4 is 17.4 Å². The Morgan fingerprint density at radius 2 is 1.94 bits per heavy atom. The number of aliphatic hydroxyl groups is 1. The molecule has 16 heavy (non-hydrogen) atoms. The van der Waals surface area contributed by atoms with Gasteiger partial charge in [-0.15, -0.1) is 11.8 Å². The number of anilines is 1. The molecule has 0 aliphatic heterocycles. The van der Waals surface area contributed by atoms with Crippen LogP contribution in [-0.4, -0.2) is 31.6 Å². The third-order valence-electron chi connectivity index (χ3n) is 3.38. The van der Waals surface area contributed by atoms with Crippen molar-refractivity contribution < 1.29 is 5.11 Å². The minimum atomic E-state index is 0.187. The molecule has 0 unspecified atom stereocenters. The fourth-order valence-electron chi connectivity index (χ4n) is 1.97. The maximum atomic E-state index is 9.30. The number of hydrogen-bond acceptors (Lipinski definition) is 3. The second-order valence-electron chi connectivity index (χ2n) is 4.71. The average Bonchev–Trinajstić information content (AvgIpc) is 3.09. The van der Waals surface area contributed by atoms with Gasteiger partial charge in [-0.3, -0.25) is 0 Å². The molecular weight excluding hydrogens is 218 g/mol. The fraction of sp³-hybridized carbons (Fsp3) is 0.538. The van der Waals surface area contributed by atoms with Crippen molar-refractivity contribution in [2.24, 2.45) is 5.41 Å². The first-order valence-electron chi connectivity index (χ1n) is 5.65. The summed E-state index contributed by atoms with van der Waals surface area (Å²) >= 11 is 1.76. The fourth-order valence-corrected chi connectivity index (χ4v) is 2.38. The van der Waals surface area contributed by atoms with Gasteiger partial charge in [0.05, 0.1) is 6.61 Å². The average molecular weight is 237 g/mol. The van der Waals surface area contributed by atoms with Gasteiger partial charge in [0.1, 0.15) is 0 Å². The highest BCUT2D eigenvalue weighted by molar-refractivity contribution is 7.98. The van der Waals surface area contributed by atoms with Crippen LogP contribution in [0.25, 0.3) is 0 Å². The second-order valence-corrected chi connectivity index (χ2v) is 5.59. The maximum absolute atomic E-state index is 9.30. The molecule has 2 rings (SSSR count). The molecule has 0 bridgehead atoms. The van der Waals surface area contributed by atoms with Crippen molar-refractivity contribution in [3.63, 3.8) is 0 Å². The third-order valence-corrected chi connectivity index (χ3v) is 4.12. The first-order valence-corrected chi connectivity index (χ1v) is 6.88. The first kappa shape index (κ1) is 11.8. The molecule has 0 heterocycles. The Hall–Kier alpha value is -0.670. The number of nitrogens with zero attached hydrogens (tertiary/aromatic N) is 1. The van der Waals surface area contributed by atoms with Crippen LogP contribution in [0.2, 0.25) is 0 Å². The summed E-state index contributed by atoms with van der Waals surface area (Å²) in [6, 6.07) is 8.60. The molecule has 0 radical (unpaired) electrons. The van der Waals surface area contributed by atoms with Crippen LogP contribution in [0.1, 0.15) is 12.8 Å². The van der Waals surface area contributed by atoms with Crippen molar-refractivity contribution in [2.75, 3.05) is 31.4 Å². The Labute approximate surface area is 102 Å². The molecule has 88 valence electrons. The SMILES string of the molecule is CSc1ccc(N(C)CC2(CO)CC2)cc1. The van der Waals surface area contributed by atoms with Crippen molar-refractivity contribution in [1.29, 1.82) is 0 Å². The van der Waals surface area contributed by atoms with Gasteiger partial charge >= 0.3 is 0 Å². The van der Waals surface area contributed by atoms with Gasteiger partial charge in [-0.2, -0.15) is 0 Å². The zero-order chi connectivity index (χ0) is 11.6. The molecule has 0 saturated heterocycles. The van der Waals surface area contributed by atoms with E-state index in [0.717, 1.165) is 19.4 Å². The van der Waals surface area contributed by atoms with Crippen LogP contribution in [0.4, 0.5) is 5.69 Å². The Balaban J connectivity index is 2.00. The van der Waals surface area contributed by atoms with Crippen LogP contribution in [0.15, 0.2) is 29.2 Å². The lowest BCUT2D eigenvalue weighted by Gasteiger charge is -2.24. The maximum Gasteiger partial charge on any atom is 0.0504 e. The van der Waals surface area contributed by atoms with Gasteiger partial charge in [0.15, 0.2) is 0 Å². The van der Waals surface area contributed by atoms with Crippen LogP contribution >= 0.6 is 11.8 Å². The Bertz CT molecular complexity index is 345. The second kappa shape index (κ2) is 4.68. The summed E-state index contributed by atoms with van der Waals surface area (Å²) in [6.45, 7) is 1.28. The van der Waals surface area contributed by atoms with Gasteiger partial charge in [-0.1, -0.05) is 0 Å². The molecule has 0 spiro atoms. The molecule has 1 aliphatic carbocycles. The van der Waals surface area contributed by atoms with Gasteiger partial charge < -0.3 is 10.0 Å². The van der Waals surface area contributed by atoms with Crippen LogP contribution in [0.3, 0.4) is 0 Å². The molecule has 1 N–H and O–H groups in total. The number of aliphatic hydroxyl groups excluding tert-OH is 1. The number of thioether (sulfide) groups is 1. The van der Waals surface area contributed by atoms with E-state index in [-0.39, 0.29) is 5.41 Å². The van der Waals surface area contributed by atoms with E-state index in [1.54, 1.807) is 11.8 Å². The van der Waals surface area contributed by atoms with Crippen molar-refractivity contribution in [1.82, 2.24) is 0 Å². The molecule has 0 aromatic heterocycles. The predicted octanol–water partition coefficient (Wildman–Crippen LogP) is 2.62. The van der Waals surface area contributed by atoms with Gasteiger partial charge in [-0.05, 0) is 43.4 Å². The van der Waals surface area contributed by atoms with Crippen molar-refractivity contribution in [3.05, 3.63) is 24.3 Å². The topological polar surface area (TPSA) is 23.5 Å². The quantitative estimate of drug-likeness (QED) is 0.796. The highest BCUT2D eigenvalue weighted by Crippen LogP contribution is 2.45. The van der Waals surface area contributed by atoms with Crippen LogP contribution in [-0.2, 0) is 0 Å². The Morgan fingerprint density at radius 3 is 2.38 bits per heavy atom. The molecule has 0 amide bonds. The smallest absolute Gasteiger partial charge is 0.0504 e. The third kappa shape index (κ3) is 2.53. The number of rotatable bonds is 5. The molecule has 1 aromatic carbocycles. The molecule has 3 heteroatoms. The van der Waals surface area contributed by atoms with Crippen LogP contribution in [0.5, 0.6) is 0 Å². The lowest BCUT2D eigenvalue weighted by atomic mass is 10.1. The highest BCUT2D eigenvalue weighted by Gasteiger charge is 2.42. The molecule has 1 aromatic rings. The highest BCUT2D eigenvalue weighted by atomic mass is 32.2. The summed E-state index contributed by atoms with van der Waals surface area (Å²) in [5.74, 6) is 0. The van der Waals surface area contributed by atoms with E-state index in [2.05, 4.69) is 42.5 Å². The molecule has 1 fully saturated rings. The Morgan fingerprint density at radius 1 is 1.31 bits per heavy atom. The number of hydrogen-bond donors (Lipinski definition) is 1. The number of benzene rings is 1. The van der Waals surface area contributed by atoms with E-state index >= 15 is 0 Å². The predicted molar refractivity (Wildman–Crippen MR) is 70.2 cm³/mol. The minimum absolute atomic E-state index is 0.187. The van der Waals surface area contributed by atoms with E-state index in [4.69, 9.17) is 0 Å². The van der Waals surface area contributed by atoms with E-state index in [0.29, 0.717) is 6.61 Å². The lowest BCUT2D eigenvalue weighted by molar-refractivity contribution is 0.215. The summed E-state index contributed by atoms with van der Waals surface area (Å²) in [6.07, 6.45) is 4.41. The molecule has 2 nitrogen and oxygen atoms in total. The molecule has 0 atom stereocenters. The summed E-state index contributed by atoms with van der Waals surface area (Å²) < 4.78 is 0. The van der Waals surface area contributed by atoms with E-state index < -0.39 is 0 Å². The molecule has 1 saturated carbocycles. The van der Waals surface area contributed by atoms with Crippen molar-refractivity contribution in [3.8, 4) is 0 Å². The normalized spacial score (nSPS) is 17.2. The van der Waals surface area contributed by atoms with Gasteiger partial charge in [-0.25, -0.2) is 0 Å². The van der Waals surface area contributed by atoms with E-state index in [1.165, 1.54) is 10.6 Å². The lowest BCUT2D eigenvalue weighted by Crippen LogP contribution is -2.28. The summed E-state index contributed by atoms with van der Waals surface area (Å²) in [4.78, 5) is 3.54. The minimum Gasteiger partial charge on any atom is -0.396 e. The largest absolute Gasteiger partial charge is 0.396 e. The first-order chi connectivity index (χ1) is 7.69. The van der Waals surface area contributed by atoms with Gasteiger partial charge in [0.25, 0.3) is 0 Å². The molecular formula is C13H19NOS. The van der Waals surface area contributed by atoms with Gasteiger partial charge in [0.2, 0.25) is 0 Å². The van der Waals surface area contributed by atoms with E-state index in [9.17, 15) is 5.11 Å². The zero-order valence-electron chi connectivity index (χ0n) is 9.94. The Kier molecular flexibility index (Phi) is 3.45. The van der Waals surface area contributed by atoms with Crippen LogP contribution in [0, 0.1) is 5.41 Å². The monoisotopic (exact) mass is 237 g/mol. The van der Waals surface area contributed by atoms with Crippen LogP contribution < -0.4 is 4.90 Å². The van der Waals surface area contributed by atoms with E-state index in [1.807, 2.05) is 0 Å². The zero-order valence-corrected chi connectivity index (χ0v) is 10.8.